The quantitative estimate of drug-likeness (QED) is 0.329. The molecule has 0 amide bonds. The smallest absolute Gasteiger partial charge is 0.466 e. The van der Waals surface area contributed by atoms with Gasteiger partial charge in [-0.15, -0.1) is 0 Å². The fraction of sp³-hybridized carbons (Fsp3) is 0.143. The summed E-state index contributed by atoms with van der Waals surface area (Å²) in [6.45, 7) is 0. The topological polar surface area (TPSA) is 176 Å². The van der Waals surface area contributed by atoms with E-state index in [0.29, 0.717) is 5.75 Å². The van der Waals surface area contributed by atoms with E-state index in [1.807, 2.05) is 6.07 Å². The Balaban J connectivity index is -0.000000188. The highest BCUT2D eigenvalue weighted by molar-refractivity contribution is 7.45. The van der Waals surface area contributed by atoms with E-state index in [2.05, 4.69) is 0 Å². The fourth-order valence-corrected chi connectivity index (χ4v) is 0.428. The van der Waals surface area contributed by atoms with Crippen LogP contribution in [0.3, 0.4) is 0 Å². The minimum atomic E-state index is -4.64. The van der Waals surface area contributed by atoms with E-state index in [1.54, 1.807) is 24.3 Å². The Morgan fingerprint density at radius 3 is 1.06 bits per heavy atom. The van der Waals surface area contributed by atoms with Crippen LogP contribution >= 0.6 is 15.6 Å². The molecule has 11 heteroatoms. The Kier molecular flexibility index (Phi) is 12.7. The first-order chi connectivity index (χ1) is 7.39. The highest BCUT2D eigenvalue weighted by atomic mass is 31.2. The molecule has 0 spiro atoms. The van der Waals surface area contributed by atoms with Crippen molar-refractivity contribution < 1.29 is 43.6 Å². The lowest BCUT2D eigenvalue weighted by Gasteiger charge is -1.82. The maximum Gasteiger partial charge on any atom is 0.466 e. The number of para-hydroxylation sites is 1. The molecule has 0 bridgehead atoms. The van der Waals surface area contributed by atoms with Crippen LogP contribution in [0.1, 0.15) is 7.43 Å². The highest BCUT2D eigenvalue weighted by Gasteiger charge is 2.00. The van der Waals surface area contributed by atoms with E-state index in [0.717, 1.165) is 0 Å². The van der Waals surface area contributed by atoms with Crippen molar-refractivity contribution in [1.82, 2.24) is 0 Å². The van der Waals surface area contributed by atoms with Crippen LogP contribution in [-0.2, 0) is 9.13 Å². The normalized spacial score (nSPS) is 9.89. The minimum absolute atomic E-state index is 0. The van der Waals surface area contributed by atoms with Gasteiger partial charge < -0.3 is 34.5 Å². The maximum absolute atomic E-state index is 8.88. The van der Waals surface area contributed by atoms with Crippen LogP contribution in [-0.4, -0.2) is 34.5 Å². The first-order valence-electron chi connectivity index (χ1n) is 3.70. The molecule has 1 aromatic rings. The molecule has 18 heavy (non-hydrogen) atoms. The van der Waals surface area contributed by atoms with Gasteiger partial charge in [0.05, 0.1) is 0 Å². The minimum Gasteiger partial charge on any atom is -0.508 e. The summed E-state index contributed by atoms with van der Waals surface area (Å²) in [7, 11) is -9.28. The molecule has 0 atom stereocenters. The lowest BCUT2D eigenvalue weighted by Crippen LogP contribution is -1.66. The van der Waals surface area contributed by atoms with Crippen molar-refractivity contribution in [1.29, 1.82) is 0 Å². The van der Waals surface area contributed by atoms with Crippen molar-refractivity contribution in [3.05, 3.63) is 30.3 Å². The van der Waals surface area contributed by atoms with E-state index < -0.39 is 15.6 Å². The average molecular weight is 306 g/mol. The van der Waals surface area contributed by atoms with Gasteiger partial charge in [0.2, 0.25) is 0 Å². The number of rotatable bonds is 0. The first kappa shape index (κ1) is 22.4. The molecule has 0 heterocycles. The Bertz CT molecular complexity index is 345. The average Bonchev–Trinajstić information content (AvgIpc) is 1.98. The van der Waals surface area contributed by atoms with Gasteiger partial charge in [-0.1, -0.05) is 25.6 Å². The van der Waals surface area contributed by atoms with Crippen molar-refractivity contribution in [3.63, 3.8) is 0 Å². The van der Waals surface area contributed by atoms with E-state index >= 15 is 0 Å². The molecular formula is C7H16O9P2. The number of benzene rings is 1. The Morgan fingerprint density at radius 2 is 0.944 bits per heavy atom. The molecule has 0 fully saturated rings. The van der Waals surface area contributed by atoms with Crippen LogP contribution in [0.15, 0.2) is 30.3 Å². The van der Waals surface area contributed by atoms with Gasteiger partial charge in [0.15, 0.2) is 0 Å². The van der Waals surface area contributed by atoms with Gasteiger partial charge in [-0.25, -0.2) is 9.13 Å². The lowest BCUT2D eigenvalue weighted by molar-refractivity contribution is 0.272. The van der Waals surface area contributed by atoms with Crippen LogP contribution in [0.4, 0.5) is 0 Å². The van der Waals surface area contributed by atoms with Crippen LogP contribution in [0, 0.1) is 0 Å². The van der Waals surface area contributed by atoms with Crippen LogP contribution in [0.2, 0.25) is 0 Å². The van der Waals surface area contributed by atoms with Gasteiger partial charge >= 0.3 is 15.6 Å². The van der Waals surface area contributed by atoms with E-state index in [1.165, 1.54) is 0 Å². The summed E-state index contributed by atoms with van der Waals surface area (Å²) in [4.78, 5) is 43.1. The zero-order valence-electron chi connectivity index (χ0n) is 8.23. The molecular weight excluding hydrogens is 290 g/mol. The molecule has 0 aliphatic heterocycles. The second-order valence-corrected chi connectivity index (χ2v) is 4.42. The predicted molar refractivity (Wildman–Crippen MR) is 63.4 cm³/mol. The van der Waals surface area contributed by atoms with Crippen LogP contribution in [0.25, 0.3) is 0 Å². The third kappa shape index (κ3) is 59.0. The van der Waals surface area contributed by atoms with Gasteiger partial charge in [-0.2, -0.15) is 0 Å². The highest BCUT2D eigenvalue weighted by Crippen LogP contribution is 2.26. The summed E-state index contributed by atoms with van der Waals surface area (Å²) in [6.07, 6.45) is 0. The summed E-state index contributed by atoms with van der Waals surface area (Å²) in [5.41, 5.74) is 0. The molecule has 0 saturated heterocycles. The number of aromatic hydroxyl groups is 1. The van der Waals surface area contributed by atoms with Gasteiger partial charge in [-0.3, -0.25) is 0 Å². The molecule has 0 saturated carbocycles. The standard InChI is InChI=1S/C6H6O.CH4.2H3O4P/c7-6-4-2-1-3-5-6;;2*1-5(2,3)4/h1-5,7H;1H4;2*(H3,1,2,3,4). The van der Waals surface area contributed by atoms with Gasteiger partial charge in [0, 0.05) is 0 Å². The summed E-state index contributed by atoms with van der Waals surface area (Å²) >= 11 is 0. The second kappa shape index (κ2) is 10.2. The molecule has 1 aromatic carbocycles. The molecule has 9 nitrogen and oxygen atoms in total. The third-order valence-corrected chi connectivity index (χ3v) is 0.756. The van der Waals surface area contributed by atoms with Crippen molar-refractivity contribution in [2.75, 3.05) is 0 Å². The number of hydrogen-bond acceptors (Lipinski definition) is 3. The largest absolute Gasteiger partial charge is 0.508 e. The molecule has 108 valence electrons. The number of phosphoric acid groups is 2. The molecule has 0 unspecified atom stereocenters. The fourth-order valence-electron chi connectivity index (χ4n) is 0.428. The third-order valence-electron chi connectivity index (χ3n) is 0.756. The second-order valence-electron chi connectivity index (χ2n) is 2.36. The van der Waals surface area contributed by atoms with Crippen molar-refractivity contribution in [3.8, 4) is 5.75 Å². The summed E-state index contributed by atoms with van der Waals surface area (Å²) < 4.78 is 17.8. The first-order valence-corrected chi connectivity index (χ1v) is 6.83. The van der Waals surface area contributed by atoms with Crippen LogP contribution < -0.4 is 0 Å². The van der Waals surface area contributed by atoms with Crippen molar-refractivity contribution >= 4 is 15.6 Å². The zero-order valence-corrected chi connectivity index (χ0v) is 10.0. The van der Waals surface area contributed by atoms with Crippen LogP contribution in [0.5, 0.6) is 5.75 Å². The Labute approximate surface area is 103 Å². The van der Waals surface area contributed by atoms with E-state index in [9.17, 15) is 0 Å². The molecule has 0 aliphatic carbocycles. The lowest BCUT2D eigenvalue weighted by atomic mass is 10.3. The van der Waals surface area contributed by atoms with Gasteiger partial charge in [-0.05, 0) is 12.1 Å². The van der Waals surface area contributed by atoms with E-state index in [-0.39, 0.29) is 7.43 Å². The Morgan fingerprint density at radius 1 is 0.722 bits per heavy atom. The summed E-state index contributed by atoms with van der Waals surface area (Å²) in [5, 5.41) is 8.63. The zero-order chi connectivity index (χ0) is 14.1. The summed E-state index contributed by atoms with van der Waals surface area (Å²) in [6, 6.07) is 8.71. The van der Waals surface area contributed by atoms with Crippen molar-refractivity contribution in [2.45, 2.75) is 7.43 Å². The number of hydrogen-bond donors (Lipinski definition) is 7. The molecule has 1 rings (SSSR count). The van der Waals surface area contributed by atoms with Gasteiger partial charge in [0.25, 0.3) is 0 Å². The van der Waals surface area contributed by atoms with Gasteiger partial charge in [0.1, 0.15) is 5.75 Å². The van der Waals surface area contributed by atoms with Crippen molar-refractivity contribution in [2.24, 2.45) is 0 Å². The number of phenolic OH excluding ortho intramolecular Hbond substituents is 1. The molecule has 0 aromatic heterocycles. The van der Waals surface area contributed by atoms with E-state index in [4.69, 9.17) is 43.6 Å². The predicted octanol–water partition coefficient (Wildman–Crippen LogP) is 0.171. The molecule has 0 aliphatic rings. The number of phenols is 1. The molecule has 0 radical (unpaired) electrons. The summed E-state index contributed by atoms with van der Waals surface area (Å²) in [5.74, 6) is 0.322. The molecule has 7 N–H and O–H groups in total. The SMILES string of the molecule is C.O=P(O)(O)O.O=P(O)(O)O.Oc1ccccc1. The Hall–Kier alpha value is -0.760. The monoisotopic (exact) mass is 306 g/mol. The maximum atomic E-state index is 8.88.